The molecule has 0 radical (unpaired) electrons. The van der Waals surface area contributed by atoms with E-state index < -0.39 is 0 Å². The normalized spacial score (nSPS) is 10.8. The molecule has 2 heterocycles. The van der Waals surface area contributed by atoms with Crippen LogP contribution in [-0.2, 0) is 6.54 Å². The average Bonchev–Trinajstić information content (AvgIpc) is 2.84. The van der Waals surface area contributed by atoms with Gasteiger partial charge in [-0.1, -0.05) is 12.1 Å². The summed E-state index contributed by atoms with van der Waals surface area (Å²) in [5.74, 6) is 0.0806. The number of rotatable bonds is 2. The van der Waals surface area contributed by atoms with Crippen LogP contribution in [0.1, 0.15) is 16.1 Å². The molecule has 0 aliphatic heterocycles. The van der Waals surface area contributed by atoms with Crippen LogP contribution in [0.4, 0.5) is 5.82 Å². The van der Waals surface area contributed by atoms with Crippen LogP contribution in [-0.4, -0.2) is 20.7 Å². The predicted octanol–water partition coefficient (Wildman–Crippen LogP) is 1.16. The number of carbonyl (C=O) groups is 1. The molecule has 3 aromatic rings. The molecule has 0 bridgehead atoms. The van der Waals surface area contributed by atoms with E-state index in [1.165, 1.54) is 4.68 Å². The highest BCUT2D eigenvalue weighted by Crippen LogP contribution is 2.20. The topological polar surface area (TPSA) is 99.8 Å². The van der Waals surface area contributed by atoms with Crippen LogP contribution in [0.2, 0.25) is 0 Å². The van der Waals surface area contributed by atoms with Crippen molar-refractivity contribution < 1.29 is 4.79 Å². The van der Waals surface area contributed by atoms with Gasteiger partial charge in [-0.2, -0.15) is 4.68 Å². The molecule has 0 atom stereocenters. The van der Waals surface area contributed by atoms with Crippen molar-refractivity contribution in [2.45, 2.75) is 6.54 Å². The maximum absolute atomic E-state index is 12.5. The predicted molar refractivity (Wildman–Crippen MR) is 76.0 cm³/mol. The van der Waals surface area contributed by atoms with Crippen molar-refractivity contribution in [2.24, 2.45) is 5.73 Å². The Balaban J connectivity index is 2.13. The zero-order chi connectivity index (χ0) is 14.1. The van der Waals surface area contributed by atoms with Crippen molar-refractivity contribution in [3.8, 4) is 0 Å². The van der Waals surface area contributed by atoms with Crippen LogP contribution in [0.15, 0.2) is 42.6 Å². The quantitative estimate of drug-likeness (QED) is 0.725. The summed E-state index contributed by atoms with van der Waals surface area (Å²) in [6.45, 7) is 0.281. The van der Waals surface area contributed by atoms with Crippen molar-refractivity contribution >= 4 is 22.6 Å². The fraction of sp³-hybridized carbons (Fsp3) is 0.0714. The lowest BCUT2D eigenvalue weighted by Gasteiger charge is -2.03. The molecule has 0 saturated carbocycles. The summed E-state index contributed by atoms with van der Waals surface area (Å²) in [6.07, 6.45) is 1.56. The number of benzene rings is 1. The van der Waals surface area contributed by atoms with E-state index in [1.807, 2.05) is 24.3 Å². The molecule has 6 heteroatoms. The smallest absolute Gasteiger partial charge is 0.278 e. The van der Waals surface area contributed by atoms with Crippen molar-refractivity contribution in [1.29, 1.82) is 0 Å². The van der Waals surface area contributed by atoms with Gasteiger partial charge in [0.25, 0.3) is 5.91 Å². The summed E-state index contributed by atoms with van der Waals surface area (Å²) in [6, 6.07) is 10.6. The van der Waals surface area contributed by atoms with Crippen molar-refractivity contribution in [3.05, 3.63) is 53.9 Å². The molecule has 0 unspecified atom stereocenters. The molecule has 3 rings (SSSR count). The molecule has 2 aromatic heterocycles. The number of para-hydroxylation sites is 1. The summed E-state index contributed by atoms with van der Waals surface area (Å²) in [4.78, 5) is 16.6. The minimum atomic E-state index is -0.255. The summed E-state index contributed by atoms with van der Waals surface area (Å²) in [5.41, 5.74) is 13.2. The van der Waals surface area contributed by atoms with Crippen LogP contribution < -0.4 is 11.5 Å². The Labute approximate surface area is 115 Å². The maximum atomic E-state index is 12.5. The third-order valence-corrected chi connectivity index (χ3v) is 3.08. The molecule has 0 saturated heterocycles. The zero-order valence-electron chi connectivity index (χ0n) is 10.7. The number of hydrogen-bond donors (Lipinski definition) is 2. The first-order chi connectivity index (χ1) is 9.70. The van der Waals surface area contributed by atoms with E-state index in [9.17, 15) is 4.79 Å². The van der Waals surface area contributed by atoms with E-state index in [-0.39, 0.29) is 12.5 Å². The fourth-order valence-electron chi connectivity index (χ4n) is 2.09. The lowest BCUT2D eigenvalue weighted by molar-refractivity contribution is 0.0950. The van der Waals surface area contributed by atoms with E-state index in [0.717, 1.165) is 5.39 Å². The highest BCUT2D eigenvalue weighted by atomic mass is 16.2. The van der Waals surface area contributed by atoms with Gasteiger partial charge in [0.2, 0.25) is 0 Å². The van der Waals surface area contributed by atoms with E-state index >= 15 is 0 Å². The van der Waals surface area contributed by atoms with Crippen molar-refractivity contribution in [3.63, 3.8) is 0 Å². The van der Waals surface area contributed by atoms with Gasteiger partial charge in [0.1, 0.15) is 0 Å². The van der Waals surface area contributed by atoms with Gasteiger partial charge in [0, 0.05) is 23.7 Å². The molecule has 4 N–H and O–H groups in total. The lowest BCUT2D eigenvalue weighted by atomic mass is 10.2. The molecule has 1 aromatic carbocycles. The molecule has 0 amide bonds. The fourth-order valence-corrected chi connectivity index (χ4v) is 2.09. The monoisotopic (exact) mass is 267 g/mol. The Morgan fingerprint density at radius 2 is 2.05 bits per heavy atom. The highest BCUT2D eigenvalue weighted by molar-refractivity contribution is 6.03. The van der Waals surface area contributed by atoms with Gasteiger partial charge in [-0.05, 0) is 24.3 Å². The zero-order valence-corrected chi connectivity index (χ0v) is 10.7. The van der Waals surface area contributed by atoms with Crippen LogP contribution in [0, 0.1) is 0 Å². The number of carbonyl (C=O) groups excluding carboxylic acids is 1. The van der Waals surface area contributed by atoms with Crippen LogP contribution >= 0.6 is 0 Å². The second-order valence-electron chi connectivity index (χ2n) is 4.36. The Bertz CT molecular complexity index is 793. The number of nitrogen functional groups attached to an aromatic ring is 1. The van der Waals surface area contributed by atoms with Gasteiger partial charge in [-0.15, -0.1) is 5.10 Å². The molecule has 0 aliphatic rings. The van der Waals surface area contributed by atoms with Gasteiger partial charge in [-0.3, -0.25) is 9.78 Å². The number of fused-ring (bicyclic) bond motifs is 1. The van der Waals surface area contributed by atoms with Gasteiger partial charge in [0.05, 0.1) is 11.2 Å². The molecule has 0 aliphatic carbocycles. The first-order valence-electron chi connectivity index (χ1n) is 6.13. The van der Waals surface area contributed by atoms with Crippen LogP contribution in [0.5, 0.6) is 0 Å². The number of nitrogens with zero attached hydrogens (tertiary/aromatic N) is 3. The molecular weight excluding hydrogens is 254 g/mol. The van der Waals surface area contributed by atoms with E-state index in [1.54, 1.807) is 18.3 Å². The number of nitrogens with two attached hydrogens (primary N) is 2. The summed E-state index contributed by atoms with van der Waals surface area (Å²) in [7, 11) is 0. The molecule has 0 spiro atoms. The second kappa shape index (κ2) is 4.75. The Morgan fingerprint density at radius 3 is 2.85 bits per heavy atom. The molecule has 6 nitrogen and oxygen atoms in total. The van der Waals surface area contributed by atoms with E-state index in [0.29, 0.717) is 22.6 Å². The first-order valence-corrected chi connectivity index (χ1v) is 6.13. The Kier molecular flexibility index (Phi) is 2.92. The van der Waals surface area contributed by atoms with Gasteiger partial charge in [-0.25, -0.2) is 0 Å². The number of pyridine rings is 1. The summed E-state index contributed by atoms with van der Waals surface area (Å²) in [5, 5.41) is 4.87. The lowest BCUT2D eigenvalue weighted by Crippen LogP contribution is -2.14. The largest absolute Gasteiger partial charge is 0.382 e. The van der Waals surface area contributed by atoms with E-state index in [2.05, 4.69) is 10.1 Å². The van der Waals surface area contributed by atoms with Gasteiger partial charge >= 0.3 is 0 Å². The highest BCUT2D eigenvalue weighted by Gasteiger charge is 2.15. The molecule has 20 heavy (non-hydrogen) atoms. The van der Waals surface area contributed by atoms with Crippen molar-refractivity contribution in [2.75, 3.05) is 5.73 Å². The number of aromatic nitrogens is 3. The standard InChI is InChI=1S/C14H13N5O/c15-8-10-7-9(5-6-17-10)14(20)19-12-4-2-1-3-11(12)13(16)18-19/h1-7H,8,15H2,(H2,16,18). The van der Waals surface area contributed by atoms with Crippen LogP contribution in [0.25, 0.3) is 10.9 Å². The molecule has 100 valence electrons. The minimum Gasteiger partial charge on any atom is -0.382 e. The summed E-state index contributed by atoms with van der Waals surface area (Å²) < 4.78 is 1.31. The first kappa shape index (κ1) is 12.3. The number of hydrogen-bond acceptors (Lipinski definition) is 5. The number of anilines is 1. The van der Waals surface area contributed by atoms with Gasteiger partial charge < -0.3 is 11.5 Å². The second-order valence-corrected chi connectivity index (χ2v) is 4.36. The maximum Gasteiger partial charge on any atom is 0.278 e. The molecule has 0 fully saturated rings. The summed E-state index contributed by atoms with van der Waals surface area (Å²) >= 11 is 0. The SMILES string of the molecule is NCc1cc(C(=O)n2nc(N)c3ccccc32)ccn1. The third-order valence-electron chi connectivity index (χ3n) is 3.08. The van der Waals surface area contributed by atoms with Crippen LogP contribution in [0.3, 0.4) is 0 Å². The van der Waals surface area contributed by atoms with Crippen molar-refractivity contribution in [1.82, 2.24) is 14.8 Å². The Morgan fingerprint density at radius 1 is 1.25 bits per heavy atom. The Hall–Kier alpha value is -2.73. The van der Waals surface area contributed by atoms with E-state index in [4.69, 9.17) is 11.5 Å². The molecular formula is C14H13N5O. The average molecular weight is 267 g/mol. The van der Waals surface area contributed by atoms with Gasteiger partial charge in [0.15, 0.2) is 5.82 Å². The minimum absolute atomic E-state index is 0.255. The third kappa shape index (κ3) is 1.92.